The smallest absolute Gasteiger partial charge is 0.295 e. The van der Waals surface area contributed by atoms with Gasteiger partial charge < -0.3 is 0 Å². The first-order valence-electron chi connectivity index (χ1n) is 4.18. The van der Waals surface area contributed by atoms with Crippen molar-refractivity contribution in [1.82, 2.24) is 0 Å². The Bertz CT molecular complexity index is 376. The van der Waals surface area contributed by atoms with Gasteiger partial charge in [-0.3, -0.25) is 13.6 Å². The molecule has 15 heavy (non-hydrogen) atoms. The van der Waals surface area contributed by atoms with Crippen molar-refractivity contribution in [2.45, 2.75) is 19.4 Å². The van der Waals surface area contributed by atoms with Crippen LogP contribution >= 0.6 is 7.60 Å². The van der Waals surface area contributed by atoms with E-state index in [0.29, 0.717) is 0 Å². The largest absolute Gasteiger partial charge is 0.344 e. The first-order valence-corrected chi connectivity index (χ1v) is 5.91. The van der Waals surface area contributed by atoms with Gasteiger partial charge in [0.2, 0.25) is 0 Å². The molecule has 0 saturated heterocycles. The second kappa shape index (κ2) is 5.65. The molecule has 0 aromatic heterocycles. The summed E-state index contributed by atoms with van der Waals surface area (Å²) in [7, 11) is -3.40. The molecule has 0 aliphatic carbocycles. The highest BCUT2D eigenvalue weighted by Crippen LogP contribution is 2.50. The molecule has 80 valence electrons. The molecule has 0 fully saturated rings. The molecule has 0 aromatic rings. The van der Waals surface area contributed by atoms with Crippen molar-refractivity contribution in [2.24, 2.45) is 0 Å². The minimum atomic E-state index is -3.40. The zero-order valence-electron chi connectivity index (χ0n) is 8.82. The Hall–Kier alpha value is -1.17. The van der Waals surface area contributed by atoms with Gasteiger partial charge in [0, 0.05) is 0 Å². The summed E-state index contributed by atoms with van der Waals surface area (Å²) in [6.45, 7) is 3.06. The number of hydrogen-bond acceptors (Lipinski definition) is 3. The number of hydrogen-bond donors (Lipinski definition) is 0. The van der Waals surface area contributed by atoms with Gasteiger partial charge in [0.25, 0.3) is 0 Å². The molecule has 0 aromatic carbocycles. The van der Waals surface area contributed by atoms with Crippen molar-refractivity contribution in [2.75, 3.05) is 12.8 Å². The lowest BCUT2D eigenvalue weighted by atomic mass is 10.2. The third-order valence-electron chi connectivity index (χ3n) is 1.34. The fourth-order valence-electron chi connectivity index (χ4n) is 0.726. The Morgan fingerprint density at radius 1 is 1.27 bits per heavy atom. The molecule has 0 heterocycles. The van der Waals surface area contributed by atoms with Gasteiger partial charge in [-0.1, -0.05) is 17.8 Å². The van der Waals surface area contributed by atoms with Gasteiger partial charge in [-0.05, 0) is 13.8 Å². The van der Waals surface area contributed by atoms with Crippen LogP contribution in [0, 0.1) is 37.0 Å². The van der Waals surface area contributed by atoms with Crippen LogP contribution in [0.4, 0.5) is 0 Å². The molecule has 1 atom stereocenters. The third kappa shape index (κ3) is 5.31. The molecule has 0 saturated carbocycles. The topological polar surface area (TPSA) is 35.5 Å². The molecular formula is C11H13O3P. The highest BCUT2D eigenvalue weighted by Gasteiger charge is 2.31. The molecule has 0 rings (SSSR count). The van der Waals surface area contributed by atoms with Gasteiger partial charge in [0.15, 0.2) is 0 Å². The Labute approximate surface area is 91.1 Å². The molecule has 0 aliphatic rings. The molecule has 0 bridgehead atoms. The lowest BCUT2D eigenvalue weighted by molar-refractivity contribution is 0.133. The summed E-state index contributed by atoms with van der Waals surface area (Å²) in [6, 6.07) is 0. The summed E-state index contributed by atoms with van der Waals surface area (Å²) in [4.78, 5) is 0. The number of rotatable bonds is 5. The molecule has 0 aliphatic heterocycles. The summed E-state index contributed by atoms with van der Waals surface area (Å²) in [6.07, 6.45) is 15.1. The van der Waals surface area contributed by atoms with Crippen molar-refractivity contribution in [3.05, 3.63) is 0 Å². The molecule has 0 amide bonds. The van der Waals surface area contributed by atoms with Crippen molar-refractivity contribution < 1.29 is 13.6 Å². The maximum Gasteiger partial charge on any atom is 0.344 e. The van der Waals surface area contributed by atoms with E-state index in [1.54, 1.807) is 13.8 Å². The zero-order chi connectivity index (χ0) is 11.9. The fourth-order valence-corrected chi connectivity index (χ4v) is 2.18. The minimum absolute atomic E-state index is 0.125. The molecule has 0 radical (unpaired) electrons. The lowest BCUT2D eigenvalue weighted by Crippen LogP contribution is -2.21. The SMILES string of the molecule is C#CCOP(=O)(CC#C)OC(C)(C)C#C. The second-order valence-electron chi connectivity index (χ2n) is 3.20. The van der Waals surface area contributed by atoms with Gasteiger partial charge in [-0.2, -0.15) is 0 Å². The Balaban J connectivity index is 4.70. The first kappa shape index (κ1) is 13.8. The van der Waals surface area contributed by atoms with Crippen molar-refractivity contribution in [3.8, 4) is 37.0 Å². The van der Waals surface area contributed by atoms with Crippen LogP contribution in [0.2, 0.25) is 0 Å². The van der Waals surface area contributed by atoms with Crippen molar-refractivity contribution in [1.29, 1.82) is 0 Å². The fraction of sp³-hybridized carbons (Fsp3) is 0.455. The average Bonchev–Trinajstić information content (AvgIpc) is 2.14. The summed E-state index contributed by atoms with van der Waals surface area (Å²) in [5.41, 5.74) is -0.999. The Morgan fingerprint density at radius 2 is 1.87 bits per heavy atom. The van der Waals surface area contributed by atoms with Crippen molar-refractivity contribution in [3.63, 3.8) is 0 Å². The van der Waals surface area contributed by atoms with Crippen LogP contribution in [0.5, 0.6) is 0 Å². The van der Waals surface area contributed by atoms with E-state index >= 15 is 0 Å². The van der Waals surface area contributed by atoms with Gasteiger partial charge in [0.05, 0.1) is 0 Å². The summed E-state index contributed by atoms with van der Waals surface area (Å²) >= 11 is 0. The van der Waals surface area contributed by atoms with E-state index in [1.165, 1.54) is 0 Å². The van der Waals surface area contributed by atoms with Gasteiger partial charge in [0.1, 0.15) is 18.4 Å². The average molecular weight is 224 g/mol. The minimum Gasteiger partial charge on any atom is -0.295 e. The molecule has 3 nitrogen and oxygen atoms in total. The molecule has 0 spiro atoms. The highest BCUT2D eigenvalue weighted by atomic mass is 31.2. The normalized spacial score (nSPS) is 14.3. The van der Waals surface area contributed by atoms with Crippen LogP contribution < -0.4 is 0 Å². The summed E-state index contributed by atoms with van der Waals surface area (Å²) in [5, 5.41) is 0. The standard InChI is InChI=1S/C11H13O3P/c1-6-9-13-15(12,10-7-2)14-11(4,5)8-3/h1-3H,9-10H2,4-5H3. The van der Waals surface area contributed by atoms with Crippen molar-refractivity contribution >= 4 is 7.60 Å². The van der Waals surface area contributed by atoms with E-state index in [2.05, 4.69) is 17.8 Å². The monoisotopic (exact) mass is 224 g/mol. The maximum absolute atomic E-state index is 12.0. The maximum atomic E-state index is 12.0. The van der Waals surface area contributed by atoms with E-state index in [1.807, 2.05) is 0 Å². The van der Waals surface area contributed by atoms with E-state index < -0.39 is 13.2 Å². The molecule has 4 heteroatoms. The second-order valence-corrected chi connectivity index (χ2v) is 5.18. The zero-order valence-corrected chi connectivity index (χ0v) is 9.71. The quantitative estimate of drug-likeness (QED) is 0.528. The lowest BCUT2D eigenvalue weighted by Gasteiger charge is -2.24. The highest BCUT2D eigenvalue weighted by molar-refractivity contribution is 7.54. The van der Waals surface area contributed by atoms with Crippen LogP contribution in [0.1, 0.15) is 13.8 Å². The third-order valence-corrected chi connectivity index (χ3v) is 3.17. The van der Waals surface area contributed by atoms with E-state index in [4.69, 9.17) is 28.3 Å². The van der Waals surface area contributed by atoms with Crippen LogP contribution in [0.3, 0.4) is 0 Å². The number of terminal acetylenes is 3. The van der Waals surface area contributed by atoms with Gasteiger partial charge in [-0.15, -0.1) is 19.3 Å². The Kier molecular flexibility index (Phi) is 5.21. The van der Waals surface area contributed by atoms with Crippen LogP contribution in [-0.2, 0) is 13.6 Å². The molecular weight excluding hydrogens is 211 g/mol. The predicted molar refractivity (Wildman–Crippen MR) is 60.1 cm³/mol. The Morgan fingerprint density at radius 3 is 2.27 bits per heavy atom. The van der Waals surface area contributed by atoms with Gasteiger partial charge >= 0.3 is 7.60 Å². The predicted octanol–water partition coefficient (Wildman–Crippen LogP) is 1.89. The van der Waals surface area contributed by atoms with E-state index in [-0.39, 0.29) is 12.8 Å². The van der Waals surface area contributed by atoms with E-state index in [9.17, 15) is 4.57 Å². The summed E-state index contributed by atoms with van der Waals surface area (Å²) in [5.74, 6) is 6.74. The molecule has 1 unspecified atom stereocenters. The first-order chi connectivity index (χ1) is 6.89. The van der Waals surface area contributed by atoms with Crippen LogP contribution in [0.15, 0.2) is 0 Å². The summed E-state index contributed by atoms with van der Waals surface area (Å²) < 4.78 is 22.1. The van der Waals surface area contributed by atoms with E-state index in [0.717, 1.165) is 0 Å². The van der Waals surface area contributed by atoms with Crippen LogP contribution in [0.25, 0.3) is 0 Å². The molecule has 0 N–H and O–H groups in total. The van der Waals surface area contributed by atoms with Gasteiger partial charge in [-0.25, -0.2) is 0 Å². The van der Waals surface area contributed by atoms with Crippen LogP contribution in [-0.4, -0.2) is 18.4 Å².